The lowest BCUT2D eigenvalue weighted by Crippen LogP contribution is -2.44. The number of carboxylic acid groups (broad SMARTS) is 1. The summed E-state index contributed by atoms with van der Waals surface area (Å²) in [4.78, 5) is 25.8. The average molecular weight is 368 g/mol. The number of aryl methyl sites for hydroxylation is 2. The van der Waals surface area contributed by atoms with E-state index >= 15 is 4.39 Å². The lowest BCUT2D eigenvalue weighted by Gasteiger charge is -2.31. The first kappa shape index (κ1) is 17.7. The van der Waals surface area contributed by atoms with Crippen molar-refractivity contribution in [2.75, 3.05) is 31.1 Å². The smallest absolute Gasteiger partial charge is 0.341 e. The number of hydrogen-bond donors (Lipinski definition) is 2. The molecule has 2 N–H and O–H groups in total. The fourth-order valence-corrected chi connectivity index (χ4v) is 3.72. The Morgan fingerprint density at radius 1 is 1.40 bits per heavy atom. The molecule has 2 heterocycles. The number of aromatic nitrogens is 1. The van der Waals surface area contributed by atoms with Crippen molar-refractivity contribution in [1.82, 2.24) is 9.88 Å². The van der Waals surface area contributed by atoms with Crippen LogP contribution in [0.4, 0.5) is 10.1 Å². The number of aromatic carboxylic acids is 1. The van der Waals surface area contributed by atoms with Crippen LogP contribution in [0.3, 0.4) is 0 Å². The maximum atomic E-state index is 15.1. The summed E-state index contributed by atoms with van der Waals surface area (Å²) < 4.78 is 16.7. The number of fused-ring (bicyclic) bond motifs is 1. The van der Waals surface area contributed by atoms with Gasteiger partial charge in [0.15, 0.2) is 5.82 Å². The van der Waals surface area contributed by atoms with E-state index in [9.17, 15) is 14.7 Å². The van der Waals surface area contributed by atoms with Crippen LogP contribution < -0.4 is 15.6 Å². The van der Waals surface area contributed by atoms with Gasteiger partial charge in [0, 0.05) is 44.5 Å². The topological polar surface area (TPSA) is 74.6 Å². The molecule has 0 bridgehead atoms. The number of nitrogens with zero attached hydrogens (tertiary/aromatic N) is 2. The van der Waals surface area contributed by atoms with Crippen molar-refractivity contribution < 1.29 is 14.3 Å². The summed E-state index contributed by atoms with van der Waals surface area (Å²) in [5.74, 6) is -1.90. The number of pyridine rings is 1. The number of carboxylic acids is 1. The molecule has 3 rings (SSSR count). The number of anilines is 1. The number of piperazine rings is 1. The van der Waals surface area contributed by atoms with Crippen LogP contribution in [0.25, 0.3) is 10.9 Å². The van der Waals surface area contributed by atoms with Gasteiger partial charge in [-0.25, -0.2) is 9.18 Å². The first-order valence-corrected chi connectivity index (χ1v) is 8.49. The van der Waals surface area contributed by atoms with E-state index in [-0.39, 0.29) is 27.2 Å². The zero-order chi connectivity index (χ0) is 18.3. The quantitative estimate of drug-likeness (QED) is 0.870. The van der Waals surface area contributed by atoms with E-state index in [0.717, 1.165) is 0 Å². The second-order valence-electron chi connectivity index (χ2n) is 6.03. The van der Waals surface area contributed by atoms with Gasteiger partial charge in [0.25, 0.3) is 0 Å². The molecule has 1 fully saturated rings. The van der Waals surface area contributed by atoms with Gasteiger partial charge in [0.05, 0.1) is 21.6 Å². The van der Waals surface area contributed by atoms with Gasteiger partial charge in [-0.1, -0.05) is 11.6 Å². The Labute approximate surface area is 148 Å². The van der Waals surface area contributed by atoms with Gasteiger partial charge >= 0.3 is 5.97 Å². The summed E-state index contributed by atoms with van der Waals surface area (Å²) in [6.45, 7) is 6.34. The molecule has 6 nitrogen and oxygen atoms in total. The minimum absolute atomic E-state index is 0.0307. The lowest BCUT2D eigenvalue weighted by atomic mass is 10.0. The maximum Gasteiger partial charge on any atom is 0.341 e. The van der Waals surface area contributed by atoms with E-state index in [1.54, 1.807) is 4.57 Å². The average Bonchev–Trinajstić information content (AvgIpc) is 2.60. The molecule has 1 aliphatic rings. The monoisotopic (exact) mass is 367 g/mol. The van der Waals surface area contributed by atoms with E-state index in [1.165, 1.54) is 13.1 Å². The Balaban J connectivity index is 2.42. The highest BCUT2D eigenvalue weighted by Gasteiger charge is 2.26. The van der Waals surface area contributed by atoms with Crippen LogP contribution in [-0.4, -0.2) is 41.8 Å². The third kappa shape index (κ3) is 2.77. The van der Waals surface area contributed by atoms with Crippen LogP contribution in [0.15, 0.2) is 11.0 Å². The van der Waals surface area contributed by atoms with Crippen molar-refractivity contribution in [3.63, 3.8) is 0 Å². The zero-order valence-corrected chi connectivity index (χ0v) is 14.8. The van der Waals surface area contributed by atoms with Gasteiger partial charge in [-0.15, -0.1) is 0 Å². The fourth-order valence-electron chi connectivity index (χ4n) is 3.31. The molecule has 0 spiro atoms. The van der Waals surface area contributed by atoms with Gasteiger partial charge in [-0.3, -0.25) is 4.79 Å². The molecule has 1 aromatic heterocycles. The fraction of sp³-hybridized carbons (Fsp3) is 0.412. The third-order valence-corrected chi connectivity index (χ3v) is 4.97. The Morgan fingerprint density at radius 2 is 2.04 bits per heavy atom. The van der Waals surface area contributed by atoms with Crippen LogP contribution in [0.1, 0.15) is 22.8 Å². The molecule has 0 unspecified atom stereocenters. The molecule has 1 saturated heterocycles. The molecular formula is C17H19ClFN3O3. The van der Waals surface area contributed by atoms with Crippen molar-refractivity contribution in [2.45, 2.75) is 20.4 Å². The Hall–Kier alpha value is -2.12. The second-order valence-corrected chi connectivity index (χ2v) is 6.40. The standard InChI is InChI=1S/C17H19ClFN3O3/c1-3-21-8-10(17(24)25)16(23)11-9(2)13(19)15(12(18)14(11)21)22-6-4-20-5-7-22/h8,20H,3-7H2,1-2H3,(H,24,25). The first-order chi connectivity index (χ1) is 11.9. The highest BCUT2D eigenvalue weighted by atomic mass is 35.5. The number of halogens is 2. The Bertz CT molecular complexity index is 920. The molecule has 0 aliphatic carbocycles. The summed E-state index contributed by atoms with van der Waals surface area (Å²) in [5, 5.41) is 12.7. The molecule has 8 heteroatoms. The van der Waals surface area contributed by atoms with Crippen molar-refractivity contribution in [2.24, 2.45) is 0 Å². The van der Waals surface area contributed by atoms with Crippen LogP contribution >= 0.6 is 11.6 Å². The van der Waals surface area contributed by atoms with Crippen molar-refractivity contribution in [1.29, 1.82) is 0 Å². The number of benzene rings is 1. The highest BCUT2D eigenvalue weighted by Crippen LogP contribution is 2.38. The number of rotatable bonds is 3. The first-order valence-electron chi connectivity index (χ1n) is 8.12. The van der Waals surface area contributed by atoms with Crippen LogP contribution in [0.2, 0.25) is 5.02 Å². The number of nitrogens with one attached hydrogen (secondary N) is 1. The molecule has 134 valence electrons. The molecule has 0 radical (unpaired) electrons. The third-order valence-electron chi connectivity index (χ3n) is 4.61. The van der Waals surface area contributed by atoms with E-state index in [1.807, 2.05) is 11.8 Å². The van der Waals surface area contributed by atoms with Crippen molar-refractivity contribution in [3.8, 4) is 0 Å². The van der Waals surface area contributed by atoms with Crippen LogP contribution in [0, 0.1) is 12.7 Å². The van der Waals surface area contributed by atoms with Gasteiger partial charge in [0.1, 0.15) is 5.56 Å². The summed E-state index contributed by atoms with van der Waals surface area (Å²) in [7, 11) is 0. The number of carbonyl (C=O) groups is 1. The summed E-state index contributed by atoms with van der Waals surface area (Å²) in [5.41, 5.74) is -0.312. The Kier molecular flexibility index (Phi) is 4.71. The van der Waals surface area contributed by atoms with Gasteiger partial charge in [-0.05, 0) is 13.8 Å². The maximum absolute atomic E-state index is 15.1. The predicted molar refractivity (Wildman–Crippen MR) is 95.6 cm³/mol. The summed E-state index contributed by atoms with van der Waals surface area (Å²) in [6, 6.07) is 0. The van der Waals surface area contributed by atoms with Crippen LogP contribution in [-0.2, 0) is 6.54 Å². The van der Waals surface area contributed by atoms with Crippen molar-refractivity contribution >= 4 is 34.2 Å². The SMILES string of the molecule is CCn1cc(C(=O)O)c(=O)c2c(C)c(F)c(N3CCNCC3)c(Cl)c21. The second kappa shape index (κ2) is 6.65. The largest absolute Gasteiger partial charge is 0.477 e. The molecule has 1 aromatic carbocycles. The normalized spacial score (nSPS) is 15.0. The molecular weight excluding hydrogens is 349 g/mol. The minimum atomic E-state index is -1.34. The molecule has 2 aromatic rings. The van der Waals surface area contributed by atoms with E-state index in [0.29, 0.717) is 38.2 Å². The number of hydrogen-bond acceptors (Lipinski definition) is 4. The van der Waals surface area contributed by atoms with Gasteiger partial charge < -0.3 is 19.9 Å². The van der Waals surface area contributed by atoms with E-state index in [2.05, 4.69) is 5.32 Å². The summed E-state index contributed by atoms with van der Waals surface area (Å²) >= 11 is 6.53. The molecule has 0 saturated carbocycles. The van der Waals surface area contributed by atoms with Gasteiger partial charge in [0.2, 0.25) is 5.43 Å². The molecule has 25 heavy (non-hydrogen) atoms. The zero-order valence-electron chi connectivity index (χ0n) is 14.0. The molecule has 0 atom stereocenters. The highest BCUT2D eigenvalue weighted by molar-refractivity contribution is 6.38. The predicted octanol–water partition coefficient (Wildman–Crippen LogP) is 2.23. The van der Waals surface area contributed by atoms with E-state index in [4.69, 9.17) is 11.6 Å². The lowest BCUT2D eigenvalue weighted by molar-refractivity contribution is 0.0695. The van der Waals surface area contributed by atoms with Crippen molar-refractivity contribution in [3.05, 3.63) is 38.4 Å². The molecule has 1 aliphatic heterocycles. The Morgan fingerprint density at radius 3 is 2.60 bits per heavy atom. The van der Waals surface area contributed by atoms with E-state index < -0.39 is 17.2 Å². The van der Waals surface area contributed by atoms with Crippen LogP contribution in [0.5, 0.6) is 0 Å². The summed E-state index contributed by atoms with van der Waals surface area (Å²) in [6.07, 6.45) is 1.28. The van der Waals surface area contributed by atoms with Gasteiger partial charge in [-0.2, -0.15) is 0 Å². The minimum Gasteiger partial charge on any atom is -0.477 e. The molecule has 0 amide bonds.